The molecule has 0 aliphatic rings. The van der Waals surface area contributed by atoms with Gasteiger partial charge in [-0.15, -0.1) is 16.5 Å². The highest BCUT2D eigenvalue weighted by Gasteiger charge is 2.17. The second-order valence-electron chi connectivity index (χ2n) is 4.34. The summed E-state index contributed by atoms with van der Waals surface area (Å²) in [5.74, 6) is -0.586. The van der Waals surface area contributed by atoms with Crippen LogP contribution in [0.4, 0.5) is 0 Å². The van der Waals surface area contributed by atoms with Crippen LogP contribution in [0.5, 0.6) is 11.8 Å². The third-order valence-electron chi connectivity index (χ3n) is 2.62. The van der Waals surface area contributed by atoms with E-state index in [2.05, 4.69) is 4.84 Å². The van der Waals surface area contributed by atoms with Crippen LogP contribution in [0.1, 0.15) is 18.1 Å². The maximum atomic E-state index is 10.9. The molecule has 1 aromatic carbocycles. The maximum absolute atomic E-state index is 10.9. The predicted molar refractivity (Wildman–Crippen MR) is 75.8 cm³/mol. The van der Waals surface area contributed by atoms with Gasteiger partial charge in [-0.2, -0.15) is 0 Å². The fourth-order valence-electron chi connectivity index (χ4n) is 1.62. The summed E-state index contributed by atoms with van der Waals surface area (Å²) in [5, 5.41) is 19.5. The Hall–Kier alpha value is -2.08. The zero-order valence-corrected chi connectivity index (χ0v) is 12.0. The van der Waals surface area contributed by atoms with Crippen LogP contribution in [-0.2, 0) is 10.5 Å². The number of carbonyl (C=O) groups is 1. The third-order valence-corrected chi connectivity index (χ3v) is 3.70. The second-order valence-corrected chi connectivity index (χ2v) is 5.36. The van der Waals surface area contributed by atoms with Crippen molar-refractivity contribution in [1.29, 1.82) is 0 Å². The van der Waals surface area contributed by atoms with E-state index in [0.717, 1.165) is 5.56 Å². The summed E-state index contributed by atoms with van der Waals surface area (Å²) in [6, 6.07) is 9.39. The summed E-state index contributed by atoms with van der Waals surface area (Å²) in [6.45, 7) is 3.21. The molecule has 0 unspecified atom stereocenters. The van der Waals surface area contributed by atoms with Crippen molar-refractivity contribution >= 4 is 17.7 Å². The van der Waals surface area contributed by atoms with Gasteiger partial charge in [-0.3, -0.25) is 0 Å². The van der Waals surface area contributed by atoms with Gasteiger partial charge >= 0.3 is 5.97 Å². The molecule has 0 spiro atoms. The minimum Gasteiger partial charge on any atom is -0.492 e. The molecule has 6 heteroatoms. The molecule has 0 radical (unpaired) electrons. The lowest BCUT2D eigenvalue weighted by molar-refractivity contribution is -0.142. The molecule has 0 amide bonds. The van der Waals surface area contributed by atoms with E-state index in [1.807, 2.05) is 31.2 Å². The smallest absolute Gasteiger partial charge is 0.330 e. The summed E-state index contributed by atoms with van der Waals surface area (Å²) in [6.07, 6.45) is 0. The molecule has 0 bridgehead atoms. The molecule has 0 aliphatic carbocycles. The molecule has 1 aromatic heterocycles. The SMILES string of the molecule is CC(=O)On1c(O)cc(SCc2ccc(C)cc2)c1O. The number of benzene rings is 1. The fourth-order valence-corrected chi connectivity index (χ4v) is 2.53. The minimum absolute atomic E-state index is 0.283. The molecule has 2 N–H and O–H groups in total. The lowest BCUT2D eigenvalue weighted by Gasteiger charge is -2.05. The van der Waals surface area contributed by atoms with Crippen molar-refractivity contribution in [2.75, 3.05) is 0 Å². The van der Waals surface area contributed by atoms with E-state index in [-0.39, 0.29) is 11.8 Å². The van der Waals surface area contributed by atoms with Crippen molar-refractivity contribution in [3.63, 3.8) is 0 Å². The van der Waals surface area contributed by atoms with Crippen LogP contribution in [-0.4, -0.2) is 20.9 Å². The van der Waals surface area contributed by atoms with E-state index in [4.69, 9.17) is 0 Å². The van der Waals surface area contributed by atoms with Crippen LogP contribution in [0, 0.1) is 6.92 Å². The minimum atomic E-state index is -0.624. The highest BCUT2D eigenvalue weighted by molar-refractivity contribution is 7.98. The van der Waals surface area contributed by atoms with Gasteiger partial charge in [0.15, 0.2) is 0 Å². The van der Waals surface area contributed by atoms with Crippen LogP contribution in [0.15, 0.2) is 35.2 Å². The van der Waals surface area contributed by atoms with Crippen molar-refractivity contribution in [1.82, 2.24) is 4.73 Å². The normalized spacial score (nSPS) is 10.5. The van der Waals surface area contributed by atoms with Crippen molar-refractivity contribution in [2.24, 2.45) is 0 Å². The summed E-state index contributed by atoms with van der Waals surface area (Å²) in [4.78, 5) is 16.0. The first kappa shape index (κ1) is 14.3. The van der Waals surface area contributed by atoms with Gasteiger partial charge in [-0.05, 0) is 12.5 Å². The van der Waals surface area contributed by atoms with E-state index >= 15 is 0 Å². The first-order valence-corrected chi connectivity index (χ1v) is 6.97. The predicted octanol–water partition coefficient (Wildman–Crippen LogP) is 2.48. The number of aromatic hydroxyl groups is 2. The van der Waals surface area contributed by atoms with E-state index in [1.54, 1.807) is 0 Å². The van der Waals surface area contributed by atoms with Gasteiger partial charge in [0.1, 0.15) is 0 Å². The average molecular weight is 293 g/mol. The molecule has 1 heterocycles. The highest BCUT2D eigenvalue weighted by Crippen LogP contribution is 2.36. The zero-order chi connectivity index (χ0) is 14.7. The Bertz CT molecular complexity index is 619. The van der Waals surface area contributed by atoms with E-state index in [1.165, 1.54) is 30.3 Å². The topological polar surface area (TPSA) is 71.7 Å². The molecule has 2 aromatic rings. The summed E-state index contributed by atoms with van der Waals surface area (Å²) < 4.78 is 0.708. The van der Waals surface area contributed by atoms with E-state index < -0.39 is 5.97 Å². The molecule has 20 heavy (non-hydrogen) atoms. The lowest BCUT2D eigenvalue weighted by atomic mass is 10.2. The Morgan fingerprint density at radius 1 is 1.30 bits per heavy atom. The average Bonchev–Trinajstić information content (AvgIpc) is 2.65. The van der Waals surface area contributed by atoms with E-state index in [0.29, 0.717) is 15.4 Å². The van der Waals surface area contributed by atoms with Gasteiger partial charge in [-0.1, -0.05) is 29.8 Å². The van der Waals surface area contributed by atoms with Gasteiger partial charge in [0.05, 0.1) is 4.90 Å². The number of hydrogen-bond acceptors (Lipinski definition) is 5. The molecule has 0 saturated carbocycles. The molecule has 0 aliphatic heterocycles. The van der Waals surface area contributed by atoms with Crippen molar-refractivity contribution < 1.29 is 19.8 Å². The molecule has 0 saturated heterocycles. The van der Waals surface area contributed by atoms with E-state index in [9.17, 15) is 15.0 Å². The molecular weight excluding hydrogens is 278 g/mol. The van der Waals surface area contributed by atoms with Crippen LogP contribution >= 0.6 is 11.8 Å². The second kappa shape index (κ2) is 5.92. The van der Waals surface area contributed by atoms with Crippen LogP contribution in [0.25, 0.3) is 0 Å². The number of aryl methyl sites for hydroxylation is 1. The van der Waals surface area contributed by atoms with Crippen molar-refractivity contribution in [2.45, 2.75) is 24.5 Å². The Morgan fingerprint density at radius 2 is 1.95 bits per heavy atom. The molecule has 5 nitrogen and oxygen atoms in total. The number of aromatic nitrogens is 1. The van der Waals surface area contributed by atoms with Crippen LogP contribution < -0.4 is 4.84 Å². The van der Waals surface area contributed by atoms with Gasteiger partial charge in [-0.25, -0.2) is 4.79 Å². The molecular formula is C14H15NO4S. The van der Waals surface area contributed by atoms with Gasteiger partial charge in [0.25, 0.3) is 0 Å². The standard InChI is InChI=1S/C14H15NO4S/c1-9-3-5-11(6-4-9)8-20-12-7-13(17)15(14(12)18)19-10(2)16/h3-7,17-18H,8H2,1-2H3. The number of thioether (sulfide) groups is 1. The largest absolute Gasteiger partial charge is 0.492 e. The summed E-state index contributed by atoms with van der Waals surface area (Å²) in [7, 11) is 0. The molecule has 2 rings (SSSR count). The van der Waals surface area contributed by atoms with Gasteiger partial charge in [0, 0.05) is 18.7 Å². The number of carbonyl (C=O) groups excluding carboxylic acids is 1. The fraction of sp³-hybridized carbons (Fsp3) is 0.214. The van der Waals surface area contributed by atoms with Crippen LogP contribution in [0.2, 0.25) is 0 Å². The van der Waals surface area contributed by atoms with Crippen LogP contribution in [0.3, 0.4) is 0 Å². The summed E-state index contributed by atoms with van der Waals surface area (Å²) in [5.41, 5.74) is 2.28. The lowest BCUT2D eigenvalue weighted by Crippen LogP contribution is -2.15. The molecule has 106 valence electrons. The Balaban J connectivity index is 2.10. The number of hydrogen-bond donors (Lipinski definition) is 2. The summed E-state index contributed by atoms with van der Waals surface area (Å²) >= 11 is 1.35. The first-order chi connectivity index (χ1) is 9.47. The number of rotatable bonds is 4. The van der Waals surface area contributed by atoms with Crippen molar-refractivity contribution in [3.8, 4) is 11.8 Å². The Labute approximate surface area is 120 Å². The Kier molecular flexibility index (Phi) is 4.24. The quantitative estimate of drug-likeness (QED) is 0.847. The Morgan fingerprint density at radius 3 is 2.55 bits per heavy atom. The van der Waals surface area contributed by atoms with Gasteiger partial charge < -0.3 is 15.1 Å². The van der Waals surface area contributed by atoms with Crippen molar-refractivity contribution in [3.05, 3.63) is 41.5 Å². The maximum Gasteiger partial charge on any atom is 0.330 e. The monoisotopic (exact) mass is 293 g/mol. The first-order valence-electron chi connectivity index (χ1n) is 5.98. The zero-order valence-electron chi connectivity index (χ0n) is 11.2. The third kappa shape index (κ3) is 3.27. The number of nitrogens with zero attached hydrogens (tertiary/aromatic N) is 1. The molecule has 0 atom stereocenters. The highest BCUT2D eigenvalue weighted by atomic mass is 32.2. The van der Waals surface area contributed by atoms with Gasteiger partial charge in [0.2, 0.25) is 11.8 Å². The molecule has 0 fully saturated rings.